The highest BCUT2D eigenvalue weighted by Crippen LogP contribution is 2.18. The number of halogens is 2. The average molecular weight is 384 g/mol. The van der Waals surface area contributed by atoms with Crippen molar-refractivity contribution in [3.8, 4) is 0 Å². The van der Waals surface area contributed by atoms with Crippen LogP contribution >= 0.6 is 15.9 Å². The standard InChI is InChI=1S/C15H11BrFNO3S/c16-14-10-12(17)6-7-13(14)15(19)18-22(20,21)9-8-11-4-2-1-3-5-11/h1-10H,(H,18,19)/b9-8+. The summed E-state index contributed by atoms with van der Waals surface area (Å²) < 4.78 is 38.8. The summed E-state index contributed by atoms with van der Waals surface area (Å²) in [5, 5.41) is 0.900. The number of benzene rings is 2. The van der Waals surface area contributed by atoms with Gasteiger partial charge in [0, 0.05) is 4.47 Å². The lowest BCUT2D eigenvalue weighted by atomic mass is 10.2. The predicted octanol–water partition coefficient (Wildman–Crippen LogP) is 3.32. The first kappa shape index (κ1) is 16.4. The Kier molecular flexibility index (Phi) is 5.10. The van der Waals surface area contributed by atoms with E-state index in [1.807, 2.05) is 4.72 Å². The molecule has 22 heavy (non-hydrogen) atoms. The zero-order valence-corrected chi connectivity index (χ0v) is 13.6. The summed E-state index contributed by atoms with van der Waals surface area (Å²) in [4.78, 5) is 11.9. The van der Waals surface area contributed by atoms with Crippen molar-refractivity contribution in [1.29, 1.82) is 0 Å². The number of hydrogen-bond donors (Lipinski definition) is 1. The summed E-state index contributed by atoms with van der Waals surface area (Å²) >= 11 is 3.02. The fourth-order valence-corrected chi connectivity index (χ4v) is 2.93. The molecule has 0 saturated heterocycles. The Balaban J connectivity index is 2.14. The van der Waals surface area contributed by atoms with Gasteiger partial charge in [-0.15, -0.1) is 0 Å². The Bertz CT molecular complexity index is 820. The first-order valence-electron chi connectivity index (χ1n) is 6.13. The molecule has 0 aromatic heterocycles. The maximum absolute atomic E-state index is 13.0. The van der Waals surface area contributed by atoms with Crippen molar-refractivity contribution >= 4 is 37.9 Å². The number of carbonyl (C=O) groups excluding carboxylic acids is 1. The fourth-order valence-electron chi connectivity index (χ4n) is 1.62. The van der Waals surface area contributed by atoms with Gasteiger partial charge in [-0.2, -0.15) is 0 Å². The van der Waals surface area contributed by atoms with Crippen LogP contribution in [0.25, 0.3) is 6.08 Å². The first-order chi connectivity index (χ1) is 10.4. The van der Waals surface area contributed by atoms with Crippen molar-refractivity contribution < 1.29 is 17.6 Å². The molecule has 1 N–H and O–H groups in total. The van der Waals surface area contributed by atoms with Gasteiger partial charge in [-0.05, 0) is 45.8 Å². The molecule has 2 aromatic rings. The SMILES string of the molecule is O=C(NS(=O)(=O)/C=C/c1ccccc1)c1ccc(F)cc1Br. The molecule has 1 amide bonds. The molecule has 0 heterocycles. The predicted molar refractivity (Wildman–Crippen MR) is 86.0 cm³/mol. The summed E-state index contributed by atoms with van der Waals surface area (Å²) in [6.45, 7) is 0. The molecule has 0 aliphatic heterocycles. The zero-order valence-electron chi connectivity index (χ0n) is 11.2. The highest BCUT2D eigenvalue weighted by molar-refractivity contribution is 9.10. The number of hydrogen-bond acceptors (Lipinski definition) is 3. The van der Waals surface area contributed by atoms with E-state index in [-0.39, 0.29) is 10.0 Å². The lowest BCUT2D eigenvalue weighted by molar-refractivity contribution is 0.0981. The topological polar surface area (TPSA) is 63.2 Å². The second-order valence-electron chi connectivity index (χ2n) is 4.31. The Hall–Kier alpha value is -1.99. The number of rotatable bonds is 4. The Morgan fingerprint density at radius 1 is 1.14 bits per heavy atom. The van der Waals surface area contributed by atoms with Gasteiger partial charge in [-0.25, -0.2) is 17.5 Å². The molecule has 2 rings (SSSR count). The third-order valence-corrected chi connectivity index (χ3v) is 4.27. The quantitative estimate of drug-likeness (QED) is 0.880. The molecule has 0 radical (unpaired) electrons. The number of carbonyl (C=O) groups is 1. The molecule has 0 aliphatic rings. The zero-order chi connectivity index (χ0) is 16.2. The molecule has 4 nitrogen and oxygen atoms in total. The van der Waals surface area contributed by atoms with E-state index in [2.05, 4.69) is 15.9 Å². The van der Waals surface area contributed by atoms with Gasteiger partial charge in [0.25, 0.3) is 15.9 Å². The van der Waals surface area contributed by atoms with Gasteiger partial charge >= 0.3 is 0 Å². The van der Waals surface area contributed by atoms with Crippen molar-refractivity contribution in [2.75, 3.05) is 0 Å². The van der Waals surface area contributed by atoms with Crippen LogP contribution in [0.4, 0.5) is 4.39 Å². The summed E-state index contributed by atoms with van der Waals surface area (Å²) in [6, 6.07) is 12.1. The van der Waals surface area contributed by atoms with Gasteiger partial charge in [0.2, 0.25) is 0 Å². The van der Waals surface area contributed by atoms with Crippen molar-refractivity contribution in [3.63, 3.8) is 0 Å². The highest BCUT2D eigenvalue weighted by atomic mass is 79.9. The van der Waals surface area contributed by atoms with Crippen LogP contribution in [0, 0.1) is 5.82 Å². The second-order valence-corrected chi connectivity index (χ2v) is 6.73. The second kappa shape index (κ2) is 6.85. The third-order valence-electron chi connectivity index (χ3n) is 2.65. The fraction of sp³-hybridized carbons (Fsp3) is 0. The van der Waals surface area contributed by atoms with Gasteiger partial charge in [-0.3, -0.25) is 4.79 Å². The molecule has 0 aliphatic carbocycles. The van der Waals surface area contributed by atoms with Crippen LogP contribution in [0.3, 0.4) is 0 Å². The van der Waals surface area contributed by atoms with Crippen LogP contribution in [0.1, 0.15) is 15.9 Å². The average Bonchev–Trinajstić information content (AvgIpc) is 2.45. The van der Waals surface area contributed by atoms with Crippen molar-refractivity contribution in [2.45, 2.75) is 0 Å². The first-order valence-corrected chi connectivity index (χ1v) is 8.47. The Labute approximate surface area is 135 Å². The highest BCUT2D eigenvalue weighted by Gasteiger charge is 2.16. The van der Waals surface area contributed by atoms with Gasteiger partial charge in [0.05, 0.1) is 11.0 Å². The maximum atomic E-state index is 13.0. The molecular weight excluding hydrogens is 373 g/mol. The van der Waals surface area contributed by atoms with E-state index in [4.69, 9.17) is 0 Å². The van der Waals surface area contributed by atoms with Crippen LogP contribution in [0.2, 0.25) is 0 Å². The van der Waals surface area contributed by atoms with Crippen LogP contribution in [-0.2, 0) is 10.0 Å². The summed E-state index contributed by atoms with van der Waals surface area (Å²) in [7, 11) is -3.95. The minimum atomic E-state index is -3.95. The molecule has 2 aromatic carbocycles. The minimum Gasteiger partial charge on any atom is -0.268 e. The van der Waals surface area contributed by atoms with Crippen molar-refractivity contribution in [2.24, 2.45) is 0 Å². The van der Waals surface area contributed by atoms with E-state index in [1.54, 1.807) is 30.3 Å². The number of amides is 1. The molecule has 7 heteroatoms. The molecule has 0 saturated carbocycles. The van der Waals surface area contributed by atoms with Crippen LogP contribution in [-0.4, -0.2) is 14.3 Å². The normalized spacial score (nSPS) is 11.5. The monoisotopic (exact) mass is 383 g/mol. The molecule has 114 valence electrons. The Morgan fingerprint density at radius 2 is 1.82 bits per heavy atom. The van der Waals surface area contributed by atoms with E-state index in [0.717, 1.165) is 17.5 Å². The summed E-state index contributed by atoms with van der Waals surface area (Å²) in [6.07, 6.45) is 1.37. The molecule has 0 atom stereocenters. The van der Waals surface area contributed by atoms with Crippen LogP contribution in [0.5, 0.6) is 0 Å². The maximum Gasteiger partial charge on any atom is 0.266 e. The van der Waals surface area contributed by atoms with Crippen molar-refractivity contribution in [3.05, 3.63) is 75.4 Å². The third kappa shape index (κ3) is 4.51. The van der Waals surface area contributed by atoms with Crippen LogP contribution < -0.4 is 4.72 Å². The summed E-state index contributed by atoms with van der Waals surface area (Å²) in [5.74, 6) is -1.38. The number of sulfonamides is 1. The lowest BCUT2D eigenvalue weighted by Crippen LogP contribution is -2.29. The molecule has 0 bridgehead atoms. The Morgan fingerprint density at radius 3 is 2.45 bits per heavy atom. The molecule has 0 spiro atoms. The number of nitrogens with one attached hydrogen (secondary N) is 1. The van der Waals surface area contributed by atoms with E-state index in [9.17, 15) is 17.6 Å². The van der Waals surface area contributed by atoms with Gasteiger partial charge < -0.3 is 0 Å². The smallest absolute Gasteiger partial charge is 0.266 e. The van der Waals surface area contributed by atoms with Gasteiger partial charge in [0.15, 0.2) is 0 Å². The van der Waals surface area contributed by atoms with Gasteiger partial charge in [0.1, 0.15) is 5.82 Å². The van der Waals surface area contributed by atoms with E-state index < -0.39 is 21.7 Å². The van der Waals surface area contributed by atoms with E-state index in [1.165, 1.54) is 12.1 Å². The summed E-state index contributed by atoms with van der Waals surface area (Å²) in [5.41, 5.74) is 0.710. The van der Waals surface area contributed by atoms with Crippen molar-refractivity contribution in [1.82, 2.24) is 4.72 Å². The minimum absolute atomic E-state index is 0.0260. The molecule has 0 fully saturated rings. The van der Waals surface area contributed by atoms with Crippen LogP contribution in [0.15, 0.2) is 58.4 Å². The largest absolute Gasteiger partial charge is 0.268 e. The van der Waals surface area contributed by atoms with E-state index >= 15 is 0 Å². The van der Waals surface area contributed by atoms with E-state index in [0.29, 0.717) is 5.56 Å². The van der Waals surface area contributed by atoms with Gasteiger partial charge in [-0.1, -0.05) is 30.3 Å². The molecular formula is C15H11BrFNO3S. The lowest BCUT2D eigenvalue weighted by Gasteiger charge is -2.05. The molecule has 0 unspecified atom stereocenters.